The molecule has 0 atom stereocenters. The van der Waals surface area contributed by atoms with Crippen molar-refractivity contribution in [1.29, 1.82) is 0 Å². The van der Waals surface area contributed by atoms with Crippen LogP contribution in [0.4, 0.5) is 0 Å². The van der Waals surface area contributed by atoms with Gasteiger partial charge in [0.15, 0.2) is 11.4 Å². The first-order chi connectivity index (χ1) is 14.7. The minimum atomic E-state index is 0.590. The fourth-order valence-electron chi connectivity index (χ4n) is 4.39. The van der Waals surface area contributed by atoms with E-state index in [1.54, 1.807) is 22.2 Å². The van der Waals surface area contributed by atoms with Crippen LogP contribution in [0, 0.1) is 13.8 Å². The summed E-state index contributed by atoms with van der Waals surface area (Å²) in [4.78, 5) is 17.6. The van der Waals surface area contributed by atoms with Gasteiger partial charge < -0.3 is 4.42 Å². The summed E-state index contributed by atoms with van der Waals surface area (Å²) in [6.45, 7) is 7.26. The van der Waals surface area contributed by atoms with Crippen LogP contribution in [0.2, 0.25) is 0 Å². The Bertz CT molecular complexity index is 1390. The van der Waals surface area contributed by atoms with Gasteiger partial charge in [-0.3, -0.25) is 4.90 Å². The number of aromatic nitrogens is 5. The van der Waals surface area contributed by atoms with Crippen molar-refractivity contribution in [3.8, 4) is 11.6 Å². The Kier molecular flexibility index (Phi) is 4.10. The van der Waals surface area contributed by atoms with Crippen molar-refractivity contribution in [3.05, 3.63) is 41.5 Å². The lowest BCUT2D eigenvalue weighted by Crippen LogP contribution is -2.28. The summed E-state index contributed by atoms with van der Waals surface area (Å²) >= 11 is 1.62. The van der Waals surface area contributed by atoms with E-state index in [0.29, 0.717) is 11.6 Å². The first-order valence-corrected chi connectivity index (χ1v) is 11.2. The monoisotopic (exact) mass is 418 g/mol. The molecule has 1 fully saturated rings. The molecule has 0 aromatic carbocycles. The van der Waals surface area contributed by atoms with E-state index in [4.69, 9.17) is 14.4 Å². The van der Waals surface area contributed by atoms with Gasteiger partial charge in [-0.15, -0.1) is 16.4 Å². The average molecular weight is 419 g/mol. The zero-order valence-corrected chi connectivity index (χ0v) is 17.9. The molecule has 6 heterocycles. The molecule has 0 amide bonds. The van der Waals surface area contributed by atoms with Crippen molar-refractivity contribution in [1.82, 2.24) is 29.5 Å². The molecule has 152 valence electrons. The number of furan rings is 1. The molecule has 0 radical (unpaired) electrons. The number of nitrogens with zero attached hydrogens (tertiary/aromatic N) is 6. The second kappa shape index (κ2) is 6.85. The minimum Gasteiger partial charge on any atom is -0.456 e. The van der Waals surface area contributed by atoms with Gasteiger partial charge in [-0.25, -0.2) is 19.5 Å². The lowest BCUT2D eigenvalue weighted by Gasteiger charge is -2.25. The minimum absolute atomic E-state index is 0.590. The Morgan fingerprint density at radius 2 is 1.97 bits per heavy atom. The fraction of sp³-hybridized carbons (Fsp3) is 0.364. The Labute approximate surface area is 177 Å². The van der Waals surface area contributed by atoms with E-state index in [-0.39, 0.29) is 0 Å². The molecular weight excluding hydrogens is 396 g/mol. The molecule has 0 bridgehead atoms. The maximum absolute atomic E-state index is 6.10. The first kappa shape index (κ1) is 18.0. The molecule has 0 saturated carbocycles. The average Bonchev–Trinajstić information content (AvgIpc) is 3.43. The summed E-state index contributed by atoms with van der Waals surface area (Å²) in [7, 11) is 0. The number of fused-ring (bicyclic) bond motifs is 5. The number of rotatable bonds is 3. The van der Waals surface area contributed by atoms with E-state index >= 15 is 0 Å². The topological polar surface area (TPSA) is 72.3 Å². The van der Waals surface area contributed by atoms with Crippen LogP contribution in [0.25, 0.3) is 37.7 Å². The van der Waals surface area contributed by atoms with Gasteiger partial charge in [0.1, 0.15) is 21.6 Å². The third kappa shape index (κ3) is 2.90. The second-order valence-corrected chi connectivity index (χ2v) is 9.09. The van der Waals surface area contributed by atoms with Crippen LogP contribution in [0.15, 0.2) is 28.9 Å². The summed E-state index contributed by atoms with van der Waals surface area (Å²) in [5, 5.41) is 5.73. The van der Waals surface area contributed by atoms with E-state index in [1.807, 2.05) is 19.1 Å². The number of hydrogen-bond acceptors (Lipinski definition) is 7. The van der Waals surface area contributed by atoms with E-state index in [9.17, 15) is 0 Å². The Hall–Kier alpha value is -2.84. The van der Waals surface area contributed by atoms with Crippen LogP contribution in [0.1, 0.15) is 36.3 Å². The van der Waals surface area contributed by atoms with Crippen molar-refractivity contribution in [2.75, 3.05) is 13.1 Å². The zero-order chi connectivity index (χ0) is 20.2. The van der Waals surface area contributed by atoms with E-state index < -0.39 is 0 Å². The Morgan fingerprint density at radius 3 is 2.83 bits per heavy atom. The molecule has 5 aromatic rings. The van der Waals surface area contributed by atoms with Crippen LogP contribution < -0.4 is 0 Å². The number of hydrogen-bond donors (Lipinski definition) is 0. The van der Waals surface area contributed by atoms with Crippen LogP contribution in [0.3, 0.4) is 0 Å². The van der Waals surface area contributed by atoms with Crippen molar-refractivity contribution >= 4 is 37.4 Å². The largest absolute Gasteiger partial charge is 0.456 e. The van der Waals surface area contributed by atoms with Gasteiger partial charge in [0.2, 0.25) is 5.82 Å². The highest BCUT2D eigenvalue weighted by molar-refractivity contribution is 7.26. The van der Waals surface area contributed by atoms with Gasteiger partial charge in [-0.2, -0.15) is 0 Å². The summed E-state index contributed by atoms with van der Waals surface area (Å²) < 4.78 is 8.84. The predicted molar refractivity (Wildman–Crippen MR) is 118 cm³/mol. The SMILES string of the molecule is Cc1cc(C)c2c(n1)sc1c2ncn2nc(-c3ccc(CN4CCCCC4)o3)nc12. The van der Waals surface area contributed by atoms with E-state index in [0.717, 1.165) is 57.2 Å². The highest BCUT2D eigenvalue weighted by atomic mass is 32.1. The third-order valence-electron chi connectivity index (χ3n) is 5.80. The van der Waals surface area contributed by atoms with Crippen molar-refractivity contribution < 1.29 is 4.42 Å². The van der Waals surface area contributed by atoms with E-state index in [2.05, 4.69) is 28.0 Å². The molecule has 7 nitrogen and oxygen atoms in total. The molecular formula is C22H22N6OS. The first-order valence-electron chi connectivity index (χ1n) is 10.4. The second-order valence-electron chi connectivity index (χ2n) is 8.09. The predicted octanol–water partition coefficient (Wildman–Crippen LogP) is 4.75. The maximum atomic E-state index is 6.10. The fourth-order valence-corrected chi connectivity index (χ4v) is 5.62. The summed E-state index contributed by atoms with van der Waals surface area (Å²) in [6, 6.07) is 6.11. The van der Waals surface area contributed by atoms with Crippen LogP contribution in [-0.2, 0) is 6.54 Å². The molecule has 0 spiro atoms. The highest BCUT2D eigenvalue weighted by Crippen LogP contribution is 2.36. The number of thiophene rings is 1. The molecule has 30 heavy (non-hydrogen) atoms. The summed E-state index contributed by atoms with van der Waals surface area (Å²) in [6.07, 6.45) is 5.61. The molecule has 1 aliphatic heterocycles. The number of pyridine rings is 1. The Balaban J connectivity index is 1.41. The normalized spacial score (nSPS) is 15.7. The van der Waals surface area contributed by atoms with Gasteiger partial charge in [0.05, 0.1) is 12.1 Å². The van der Waals surface area contributed by atoms with Gasteiger partial charge in [0.25, 0.3) is 0 Å². The van der Waals surface area contributed by atoms with Crippen LogP contribution in [0.5, 0.6) is 0 Å². The standard InChI is InChI=1S/C22H22N6OS/c1-13-10-14(2)24-22-17(13)18-19(30-22)21-25-20(26-28(21)12-23-18)16-7-6-15(29-16)11-27-8-4-3-5-9-27/h6-7,10,12H,3-5,8-9,11H2,1-2H3. The summed E-state index contributed by atoms with van der Waals surface area (Å²) in [5.74, 6) is 2.25. The quantitative estimate of drug-likeness (QED) is 0.421. The maximum Gasteiger partial charge on any atom is 0.218 e. The molecule has 6 rings (SSSR count). The smallest absolute Gasteiger partial charge is 0.218 e. The molecule has 8 heteroatoms. The molecule has 0 N–H and O–H groups in total. The van der Waals surface area contributed by atoms with Crippen molar-refractivity contribution in [2.45, 2.75) is 39.7 Å². The van der Waals surface area contributed by atoms with Crippen molar-refractivity contribution in [2.24, 2.45) is 0 Å². The van der Waals surface area contributed by atoms with Crippen LogP contribution >= 0.6 is 11.3 Å². The van der Waals surface area contributed by atoms with E-state index in [1.165, 1.54) is 24.8 Å². The number of piperidine rings is 1. The highest BCUT2D eigenvalue weighted by Gasteiger charge is 2.19. The number of likely N-dealkylation sites (tertiary alicyclic amines) is 1. The Morgan fingerprint density at radius 1 is 1.10 bits per heavy atom. The number of aryl methyl sites for hydroxylation is 2. The lowest BCUT2D eigenvalue weighted by molar-refractivity contribution is 0.205. The van der Waals surface area contributed by atoms with Gasteiger partial charge >= 0.3 is 0 Å². The zero-order valence-electron chi connectivity index (χ0n) is 17.1. The molecule has 0 unspecified atom stereocenters. The molecule has 1 aliphatic rings. The molecule has 5 aromatic heterocycles. The van der Waals surface area contributed by atoms with Gasteiger partial charge in [-0.1, -0.05) is 6.42 Å². The van der Waals surface area contributed by atoms with Gasteiger partial charge in [-0.05, 0) is 63.5 Å². The lowest BCUT2D eigenvalue weighted by atomic mass is 10.1. The van der Waals surface area contributed by atoms with Crippen LogP contribution in [-0.4, -0.2) is 42.6 Å². The molecule has 0 aliphatic carbocycles. The van der Waals surface area contributed by atoms with Crippen molar-refractivity contribution in [3.63, 3.8) is 0 Å². The molecule has 1 saturated heterocycles. The summed E-state index contributed by atoms with van der Waals surface area (Å²) in [5.41, 5.74) is 3.94. The van der Waals surface area contributed by atoms with Gasteiger partial charge in [0, 0.05) is 11.1 Å². The third-order valence-corrected chi connectivity index (χ3v) is 6.87.